The molecule has 33 heavy (non-hydrogen) atoms. The Morgan fingerprint density at radius 2 is 2.09 bits per heavy atom. The second kappa shape index (κ2) is 11.5. The van der Waals surface area contributed by atoms with Gasteiger partial charge in [0.1, 0.15) is 24.0 Å². The van der Waals surface area contributed by atoms with Gasteiger partial charge >= 0.3 is 0 Å². The molecule has 10 heteroatoms. The predicted octanol–water partition coefficient (Wildman–Crippen LogP) is 3.29. The van der Waals surface area contributed by atoms with E-state index in [0.717, 1.165) is 29.5 Å². The smallest absolute Gasteiger partial charge is 0.224 e. The molecule has 2 aromatic rings. The molecule has 1 fully saturated rings. The van der Waals surface area contributed by atoms with Gasteiger partial charge in [0, 0.05) is 44.4 Å². The number of rotatable bonds is 6. The summed E-state index contributed by atoms with van der Waals surface area (Å²) in [4.78, 5) is 17.6. The third-order valence-corrected chi connectivity index (χ3v) is 5.64. The summed E-state index contributed by atoms with van der Waals surface area (Å²) in [6.07, 6.45) is 2.03. The SMILES string of the molecule is CN=C(NCCOc1ccc2c(c1)CCC(=O)N2)NC1CCN(c2ccc(F)cc2F)C1.I. The molecule has 2 aliphatic heterocycles. The first-order chi connectivity index (χ1) is 15.5. The molecular weight excluding hydrogens is 543 g/mol. The van der Waals surface area contributed by atoms with Crippen molar-refractivity contribution in [2.45, 2.75) is 25.3 Å². The minimum absolute atomic E-state index is 0. The number of nitrogens with one attached hydrogen (secondary N) is 3. The normalized spacial score (nSPS) is 17.7. The number of hydrogen-bond donors (Lipinski definition) is 3. The summed E-state index contributed by atoms with van der Waals surface area (Å²) in [6, 6.07) is 9.44. The third-order valence-electron chi connectivity index (χ3n) is 5.64. The summed E-state index contributed by atoms with van der Waals surface area (Å²) in [5.41, 5.74) is 2.34. The molecule has 0 aromatic heterocycles. The van der Waals surface area contributed by atoms with Crippen LogP contribution < -0.4 is 25.6 Å². The van der Waals surface area contributed by atoms with Gasteiger partial charge in [-0.05, 0) is 48.7 Å². The van der Waals surface area contributed by atoms with Crippen LogP contribution in [0.2, 0.25) is 0 Å². The second-order valence-corrected chi connectivity index (χ2v) is 7.89. The number of amides is 1. The Bertz CT molecular complexity index is 1020. The first-order valence-corrected chi connectivity index (χ1v) is 10.7. The Kier molecular flexibility index (Phi) is 8.70. The van der Waals surface area contributed by atoms with E-state index < -0.39 is 11.6 Å². The third kappa shape index (κ3) is 6.46. The topological polar surface area (TPSA) is 78.0 Å². The fraction of sp³-hybridized carbons (Fsp3) is 0.391. The Morgan fingerprint density at radius 3 is 2.88 bits per heavy atom. The van der Waals surface area contributed by atoms with Crippen LogP contribution >= 0.6 is 24.0 Å². The number of guanidine groups is 1. The average Bonchev–Trinajstić information content (AvgIpc) is 3.24. The number of ether oxygens (including phenoxy) is 1. The number of aryl methyl sites for hydroxylation is 1. The number of carbonyl (C=O) groups is 1. The minimum atomic E-state index is -0.575. The molecule has 2 heterocycles. The van der Waals surface area contributed by atoms with E-state index in [9.17, 15) is 13.6 Å². The summed E-state index contributed by atoms with van der Waals surface area (Å²) < 4.78 is 33.0. The van der Waals surface area contributed by atoms with Gasteiger partial charge in [0.15, 0.2) is 5.96 Å². The van der Waals surface area contributed by atoms with Crippen LogP contribution in [-0.2, 0) is 11.2 Å². The number of halogens is 3. The molecule has 0 saturated carbocycles. The van der Waals surface area contributed by atoms with Crippen molar-refractivity contribution < 1.29 is 18.3 Å². The summed E-state index contributed by atoms with van der Waals surface area (Å²) >= 11 is 0. The van der Waals surface area contributed by atoms with Gasteiger partial charge in [-0.1, -0.05) is 0 Å². The maximum atomic E-state index is 14.0. The largest absolute Gasteiger partial charge is 0.492 e. The molecule has 3 N–H and O–H groups in total. The highest BCUT2D eigenvalue weighted by Crippen LogP contribution is 2.27. The first kappa shape index (κ1) is 25.0. The molecule has 0 bridgehead atoms. The molecule has 0 radical (unpaired) electrons. The highest BCUT2D eigenvalue weighted by atomic mass is 127. The Morgan fingerprint density at radius 1 is 1.24 bits per heavy atom. The van der Waals surface area contributed by atoms with Gasteiger partial charge in [-0.25, -0.2) is 8.78 Å². The lowest BCUT2D eigenvalue weighted by Crippen LogP contribution is -2.45. The van der Waals surface area contributed by atoms with E-state index in [-0.39, 0.29) is 35.9 Å². The van der Waals surface area contributed by atoms with Crippen LogP contribution in [0.4, 0.5) is 20.2 Å². The van der Waals surface area contributed by atoms with Gasteiger partial charge < -0.3 is 25.6 Å². The quantitative estimate of drug-likeness (QED) is 0.215. The number of fused-ring (bicyclic) bond motifs is 1. The van der Waals surface area contributed by atoms with Crippen molar-refractivity contribution in [3.05, 3.63) is 53.6 Å². The number of nitrogens with zero attached hydrogens (tertiary/aromatic N) is 2. The van der Waals surface area contributed by atoms with Crippen molar-refractivity contribution in [2.75, 3.05) is 43.5 Å². The lowest BCUT2D eigenvalue weighted by molar-refractivity contribution is -0.116. The molecule has 2 aliphatic rings. The van der Waals surface area contributed by atoms with Gasteiger partial charge in [0.2, 0.25) is 5.91 Å². The zero-order valence-corrected chi connectivity index (χ0v) is 20.7. The minimum Gasteiger partial charge on any atom is -0.492 e. The summed E-state index contributed by atoms with van der Waals surface area (Å²) in [5.74, 6) is 0.331. The number of carbonyl (C=O) groups excluding carboxylic acids is 1. The zero-order valence-electron chi connectivity index (χ0n) is 18.4. The maximum Gasteiger partial charge on any atom is 0.224 e. The highest BCUT2D eigenvalue weighted by molar-refractivity contribution is 14.0. The maximum absolute atomic E-state index is 14.0. The second-order valence-electron chi connectivity index (χ2n) is 7.89. The van der Waals surface area contributed by atoms with Crippen molar-refractivity contribution in [2.24, 2.45) is 4.99 Å². The molecule has 1 atom stereocenters. The molecule has 1 amide bonds. The van der Waals surface area contributed by atoms with Gasteiger partial charge in [0.05, 0.1) is 12.2 Å². The lowest BCUT2D eigenvalue weighted by Gasteiger charge is -2.21. The summed E-state index contributed by atoms with van der Waals surface area (Å²) in [5, 5.41) is 9.43. The van der Waals surface area contributed by atoms with E-state index >= 15 is 0 Å². The van der Waals surface area contributed by atoms with E-state index in [4.69, 9.17) is 4.74 Å². The Balaban J connectivity index is 0.00000306. The van der Waals surface area contributed by atoms with Crippen LogP contribution in [0, 0.1) is 11.6 Å². The Hall–Kier alpha value is -2.63. The van der Waals surface area contributed by atoms with Crippen molar-refractivity contribution in [1.82, 2.24) is 10.6 Å². The molecule has 7 nitrogen and oxygen atoms in total. The zero-order chi connectivity index (χ0) is 22.5. The molecular formula is C23H28F2IN5O2. The monoisotopic (exact) mass is 571 g/mol. The van der Waals surface area contributed by atoms with Crippen LogP contribution in [0.25, 0.3) is 0 Å². The van der Waals surface area contributed by atoms with Crippen LogP contribution in [0.3, 0.4) is 0 Å². The van der Waals surface area contributed by atoms with Crippen molar-refractivity contribution in [1.29, 1.82) is 0 Å². The fourth-order valence-corrected chi connectivity index (χ4v) is 4.01. The van der Waals surface area contributed by atoms with E-state index in [0.29, 0.717) is 50.7 Å². The van der Waals surface area contributed by atoms with E-state index in [1.54, 1.807) is 7.05 Å². The van der Waals surface area contributed by atoms with Crippen LogP contribution in [0.5, 0.6) is 5.75 Å². The van der Waals surface area contributed by atoms with Gasteiger partial charge in [-0.15, -0.1) is 24.0 Å². The number of aliphatic imine (C=N–C) groups is 1. The van der Waals surface area contributed by atoms with E-state index in [1.807, 2.05) is 23.1 Å². The molecule has 4 rings (SSSR count). The lowest BCUT2D eigenvalue weighted by atomic mass is 10.0. The van der Waals surface area contributed by atoms with Crippen LogP contribution in [0.1, 0.15) is 18.4 Å². The summed E-state index contributed by atoms with van der Waals surface area (Å²) in [7, 11) is 1.69. The number of benzene rings is 2. The van der Waals surface area contributed by atoms with E-state index in [1.165, 1.54) is 12.1 Å². The molecule has 0 spiro atoms. The molecule has 1 unspecified atom stereocenters. The standard InChI is InChI=1S/C23H27F2N5O2.HI/c1-26-23(28-17-8-10-30(14-17)21-6-3-16(24)13-19(21)25)27-9-11-32-18-4-5-20-15(12-18)2-7-22(31)29-20;/h3-6,12-13,17H,2,7-11,14H2,1H3,(H,29,31)(H2,26,27,28);1H. The first-order valence-electron chi connectivity index (χ1n) is 10.7. The molecule has 1 saturated heterocycles. The van der Waals surface area contributed by atoms with Crippen LogP contribution in [-0.4, -0.2) is 51.2 Å². The summed E-state index contributed by atoms with van der Waals surface area (Å²) in [6.45, 7) is 2.28. The predicted molar refractivity (Wildman–Crippen MR) is 136 cm³/mol. The molecule has 178 valence electrons. The van der Waals surface area contributed by atoms with Crippen molar-refractivity contribution in [3.63, 3.8) is 0 Å². The van der Waals surface area contributed by atoms with Gasteiger partial charge in [-0.3, -0.25) is 9.79 Å². The number of anilines is 2. The molecule has 2 aromatic carbocycles. The van der Waals surface area contributed by atoms with Crippen molar-refractivity contribution >= 4 is 47.2 Å². The van der Waals surface area contributed by atoms with E-state index in [2.05, 4.69) is 20.9 Å². The highest BCUT2D eigenvalue weighted by Gasteiger charge is 2.25. The Labute approximate surface area is 209 Å². The fourth-order valence-electron chi connectivity index (χ4n) is 4.01. The molecule has 0 aliphatic carbocycles. The van der Waals surface area contributed by atoms with Crippen LogP contribution in [0.15, 0.2) is 41.4 Å². The van der Waals surface area contributed by atoms with Crippen molar-refractivity contribution in [3.8, 4) is 5.75 Å². The van der Waals surface area contributed by atoms with Gasteiger partial charge in [0.25, 0.3) is 0 Å². The average molecular weight is 571 g/mol. The van der Waals surface area contributed by atoms with Gasteiger partial charge in [-0.2, -0.15) is 0 Å². The number of hydrogen-bond acceptors (Lipinski definition) is 4.